The van der Waals surface area contributed by atoms with E-state index in [1.54, 1.807) is 6.07 Å². The number of carboxylic acid groups (broad SMARTS) is 1. The number of carbonyl (C=O) groups is 2. The fourth-order valence-electron chi connectivity index (χ4n) is 2.66. The summed E-state index contributed by atoms with van der Waals surface area (Å²) in [5.41, 5.74) is -0.322. The number of hydrogen-bond donors (Lipinski definition) is 2. The molecule has 1 unspecified atom stereocenters. The summed E-state index contributed by atoms with van der Waals surface area (Å²) in [5.74, 6) is 0.0838. The lowest BCUT2D eigenvalue weighted by Gasteiger charge is -2.34. The van der Waals surface area contributed by atoms with Crippen LogP contribution in [0.15, 0.2) is 18.2 Å². The number of carbonyl (C=O) groups excluding carboxylic acids is 1. The zero-order chi connectivity index (χ0) is 17.0. The molecule has 1 saturated heterocycles. The van der Waals surface area contributed by atoms with Gasteiger partial charge in [0.2, 0.25) is 5.91 Å². The normalized spacial score (nSPS) is 18.6. The first-order valence-corrected chi connectivity index (χ1v) is 8.01. The Balaban J connectivity index is 1.97. The first kappa shape index (κ1) is 17.2. The fourth-order valence-corrected chi connectivity index (χ4v) is 2.66. The molecule has 1 aliphatic rings. The van der Waals surface area contributed by atoms with Gasteiger partial charge in [0.15, 0.2) is 5.69 Å². The summed E-state index contributed by atoms with van der Waals surface area (Å²) in [6.07, 6.45) is 2.06. The smallest absolute Gasteiger partial charge is 0.354 e. The Morgan fingerprint density at radius 1 is 1.39 bits per heavy atom. The molecule has 0 saturated carbocycles. The van der Waals surface area contributed by atoms with E-state index in [4.69, 9.17) is 5.11 Å². The lowest BCUT2D eigenvalue weighted by atomic mass is 9.94. The summed E-state index contributed by atoms with van der Waals surface area (Å²) in [4.78, 5) is 29.3. The molecule has 126 valence electrons. The Hall–Kier alpha value is -2.11. The van der Waals surface area contributed by atoms with Crippen molar-refractivity contribution in [2.45, 2.75) is 33.6 Å². The summed E-state index contributed by atoms with van der Waals surface area (Å²) in [5, 5.41) is 12.1. The van der Waals surface area contributed by atoms with Crippen LogP contribution in [0.4, 0.5) is 5.82 Å². The summed E-state index contributed by atoms with van der Waals surface area (Å²) >= 11 is 0. The summed E-state index contributed by atoms with van der Waals surface area (Å²) in [6, 6.07) is 5.05. The summed E-state index contributed by atoms with van der Waals surface area (Å²) < 4.78 is 0. The van der Waals surface area contributed by atoms with E-state index >= 15 is 0 Å². The first-order valence-electron chi connectivity index (χ1n) is 8.01. The van der Waals surface area contributed by atoms with Gasteiger partial charge in [0, 0.05) is 25.0 Å². The highest BCUT2D eigenvalue weighted by molar-refractivity contribution is 5.85. The van der Waals surface area contributed by atoms with E-state index in [0.717, 1.165) is 25.9 Å². The Labute approximate surface area is 136 Å². The highest BCUT2D eigenvalue weighted by Gasteiger charge is 2.25. The molecule has 1 aromatic heterocycles. The van der Waals surface area contributed by atoms with Gasteiger partial charge in [-0.2, -0.15) is 0 Å². The van der Waals surface area contributed by atoms with Gasteiger partial charge in [-0.25, -0.2) is 9.78 Å². The Kier molecular flexibility index (Phi) is 5.23. The molecule has 0 aromatic carbocycles. The predicted molar refractivity (Wildman–Crippen MR) is 88.6 cm³/mol. The predicted octanol–water partition coefficient (Wildman–Crippen LogP) is 2.16. The van der Waals surface area contributed by atoms with Crippen LogP contribution in [0.5, 0.6) is 0 Å². The van der Waals surface area contributed by atoms with Crippen LogP contribution < -0.4 is 10.2 Å². The molecule has 1 amide bonds. The van der Waals surface area contributed by atoms with Crippen LogP contribution in [0.1, 0.15) is 44.1 Å². The monoisotopic (exact) mass is 319 g/mol. The Morgan fingerprint density at radius 3 is 2.78 bits per heavy atom. The standard InChI is InChI=1S/C17H25N3O3/c1-17(2,3)16(23)18-10-12-6-5-9-20(11-12)14-8-4-7-13(19-14)15(21)22/h4,7-8,12H,5-6,9-11H2,1-3H3,(H,18,23)(H,21,22). The van der Waals surface area contributed by atoms with Crippen LogP contribution in [-0.4, -0.2) is 41.6 Å². The first-order chi connectivity index (χ1) is 10.8. The van der Waals surface area contributed by atoms with E-state index in [9.17, 15) is 9.59 Å². The number of hydrogen-bond acceptors (Lipinski definition) is 4. The van der Waals surface area contributed by atoms with Crippen molar-refractivity contribution in [2.75, 3.05) is 24.5 Å². The third-order valence-corrected chi connectivity index (χ3v) is 4.03. The molecule has 1 fully saturated rings. The molecule has 1 atom stereocenters. The van der Waals surface area contributed by atoms with Gasteiger partial charge in [0.05, 0.1) is 0 Å². The van der Waals surface area contributed by atoms with Crippen molar-refractivity contribution in [1.29, 1.82) is 0 Å². The van der Waals surface area contributed by atoms with Crippen LogP contribution in [0.2, 0.25) is 0 Å². The second-order valence-electron chi connectivity index (χ2n) is 7.10. The van der Waals surface area contributed by atoms with Crippen LogP contribution in [0.3, 0.4) is 0 Å². The number of nitrogens with one attached hydrogen (secondary N) is 1. The average Bonchev–Trinajstić information content (AvgIpc) is 2.52. The van der Waals surface area contributed by atoms with Crippen molar-refractivity contribution in [3.63, 3.8) is 0 Å². The third-order valence-electron chi connectivity index (χ3n) is 4.03. The van der Waals surface area contributed by atoms with E-state index in [2.05, 4.69) is 15.2 Å². The minimum absolute atomic E-state index is 0.0561. The number of piperidine rings is 1. The van der Waals surface area contributed by atoms with Gasteiger partial charge in [-0.15, -0.1) is 0 Å². The Bertz CT molecular complexity index is 581. The van der Waals surface area contributed by atoms with Crippen molar-refractivity contribution >= 4 is 17.7 Å². The van der Waals surface area contributed by atoms with Crippen molar-refractivity contribution in [3.8, 4) is 0 Å². The van der Waals surface area contributed by atoms with Crippen molar-refractivity contribution in [3.05, 3.63) is 23.9 Å². The maximum absolute atomic E-state index is 12.0. The van der Waals surface area contributed by atoms with Crippen LogP contribution in [0.25, 0.3) is 0 Å². The van der Waals surface area contributed by atoms with E-state index < -0.39 is 5.97 Å². The molecular formula is C17H25N3O3. The van der Waals surface area contributed by atoms with Crippen LogP contribution in [0, 0.1) is 11.3 Å². The number of anilines is 1. The number of aromatic nitrogens is 1. The molecular weight excluding hydrogens is 294 g/mol. The molecule has 2 heterocycles. The molecule has 1 aromatic rings. The van der Waals surface area contributed by atoms with Gasteiger partial charge in [-0.1, -0.05) is 26.8 Å². The molecule has 2 rings (SSSR count). The van der Waals surface area contributed by atoms with Crippen molar-refractivity contribution in [1.82, 2.24) is 10.3 Å². The summed E-state index contributed by atoms with van der Waals surface area (Å²) in [7, 11) is 0. The number of carboxylic acids is 1. The second kappa shape index (κ2) is 6.98. The van der Waals surface area contributed by atoms with Gasteiger partial charge >= 0.3 is 5.97 Å². The lowest BCUT2D eigenvalue weighted by Crippen LogP contribution is -2.43. The zero-order valence-corrected chi connectivity index (χ0v) is 14.0. The number of amides is 1. The van der Waals surface area contributed by atoms with E-state index in [1.807, 2.05) is 26.8 Å². The number of nitrogens with zero attached hydrogens (tertiary/aromatic N) is 2. The maximum Gasteiger partial charge on any atom is 0.354 e. The lowest BCUT2D eigenvalue weighted by molar-refractivity contribution is -0.128. The van der Waals surface area contributed by atoms with E-state index in [0.29, 0.717) is 18.3 Å². The largest absolute Gasteiger partial charge is 0.477 e. The van der Waals surface area contributed by atoms with Gasteiger partial charge in [0.25, 0.3) is 0 Å². The molecule has 2 N–H and O–H groups in total. The zero-order valence-electron chi connectivity index (χ0n) is 14.0. The molecule has 0 bridgehead atoms. The molecule has 0 aliphatic carbocycles. The van der Waals surface area contributed by atoms with Crippen molar-refractivity contribution in [2.24, 2.45) is 11.3 Å². The highest BCUT2D eigenvalue weighted by atomic mass is 16.4. The third kappa shape index (κ3) is 4.68. The summed E-state index contributed by atoms with van der Waals surface area (Å²) in [6.45, 7) is 7.98. The number of aromatic carboxylic acids is 1. The fraction of sp³-hybridized carbons (Fsp3) is 0.588. The van der Waals surface area contributed by atoms with E-state index in [-0.39, 0.29) is 17.0 Å². The second-order valence-corrected chi connectivity index (χ2v) is 7.10. The van der Waals surface area contributed by atoms with Crippen LogP contribution >= 0.6 is 0 Å². The van der Waals surface area contributed by atoms with Gasteiger partial charge in [0.1, 0.15) is 5.82 Å². The number of pyridine rings is 1. The molecule has 6 nitrogen and oxygen atoms in total. The van der Waals surface area contributed by atoms with Gasteiger partial charge in [-0.05, 0) is 30.9 Å². The molecule has 0 radical (unpaired) electrons. The SMILES string of the molecule is CC(C)(C)C(=O)NCC1CCCN(c2cccc(C(=O)O)n2)C1. The minimum atomic E-state index is -1.02. The van der Waals surface area contributed by atoms with Crippen molar-refractivity contribution < 1.29 is 14.7 Å². The quantitative estimate of drug-likeness (QED) is 0.888. The highest BCUT2D eigenvalue weighted by Crippen LogP contribution is 2.22. The van der Waals surface area contributed by atoms with Gasteiger partial charge < -0.3 is 15.3 Å². The number of rotatable bonds is 4. The van der Waals surface area contributed by atoms with Gasteiger partial charge in [-0.3, -0.25) is 4.79 Å². The molecule has 0 spiro atoms. The Morgan fingerprint density at radius 2 is 2.13 bits per heavy atom. The maximum atomic E-state index is 12.0. The average molecular weight is 319 g/mol. The molecule has 1 aliphatic heterocycles. The molecule has 23 heavy (non-hydrogen) atoms. The van der Waals surface area contributed by atoms with E-state index in [1.165, 1.54) is 6.07 Å². The van der Waals surface area contributed by atoms with Crippen LogP contribution in [-0.2, 0) is 4.79 Å². The topological polar surface area (TPSA) is 82.5 Å². The minimum Gasteiger partial charge on any atom is -0.477 e. The molecule has 6 heteroatoms.